The molecular weight excluding hydrogens is 332 g/mol. The van der Waals surface area contributed by atoms with Gasteiger partial charge in [0.1, 0.15) is 0 Å². The first-order chi connectivity index (χ1) is 12.7. The molecule has 4 saturated heterocycles. The van der Waals surface area contributed by atoms with Crippen LogP contribution in [-0.4, -0.2) is 86.8 Å². The van der Waals surface area contributed by atoms with Gasteiger partial charge < -0.3 is 18.9 Å². The number of ether oxygens (including phenoxy) is 4. The van der Waals surface area contributed by atoms with Gasteiger partial charge in [0.2, 0.25) is 0 Å². The van der Waals surface area contributed by atoms with Gasteiger partial charge in [0.05, 0.1) is 57.0 Å². The van der Waals surface area contributed by atoms with E-state index >= 15 is 0 Å². The summed E-state index contributed by atoms with van der Waals surface area (Å²) in [6.45, 7) is 9.47. The zero-order valence-corrected chi connectivity index (χ0v) is 15.4. The van der Waals surface area contributed by atoms with Gasteiger partial charge in [-0.2, -0.15) is 0 Å². The Balaban J connectivity index is 1.43. The first kappa shape index (κ1) is 17.1. The van der Waals surface area contributed by atoms with Crippen LogP contribution >= 0.6 is 0 Å². The summed E-state index contributed by atoms with van der Waals surface area (Å²) in [4.78, 5) is 5.10. The van der Waals surface area contributed by atoms with Gasteiger partial charge >= 0.3 is 0 Å². The van der Waals surface area contributed by atoms with Crippen LogP contribution in [0.15, 0.2) is 24.3 Å². The number of aryl methyl sites for hydroxylation is 1. The van der Waals surface area contributed by atoms with Crippen molar-refractivity contribution in [1.82, 2.24) is 9.80 Å². The summed E-state index contributed by atoms with van der Waals surface area (Å²) in [5.74, 6) is 0. The number of hydrogen-bond acceptors (Lipinski definition) is 6. The Labute approximate surface area is 154 Å². The van der Waals surface area contributed by atoms with Crippen LogP contribution in [-0.2, 0) is 18.9 Å². The number of epoxide rings is 4. The molecule has 6 nitrogen and oxygen atoms in total. The largest absolute Gasteiger partial charge is 0.372 e. The summed E-state index contributed by atoms with van der Waals surface area (Å²) in [5, 5.41) is 0. The van der Waals surface area contributed by atoms with Crippen molar-refractivity contribution in [3.8, 4) is 0 Å². The summed E-state index contributed by atoms with van der Waals surface area (Å²) in [5.41, 5.74) is 2.63. The lowest BCUT2D eigenvalue weighted by molar-refractivity contribution is 0.0220. The Hall–Kier alpha value is -1.02. The van der Waals surface area contributed by atoms with Crippen molar-refractivity contribution in [3.63, 3.8) is 0 Å². The van der Waals surface area contributed by atoms with E-state index in [2.05, 4.69) is 41.0 Å². The highest BCUT2D eigenvalue weighted by molar-refractivity contribution is 5.25. The molecule has 0 saturated carbocycles. The Bertz CT molecular complexity index is 566. The maximum absolute atomic E-state index is 5.57. The molecule has 4 fully saturated rings. The summed E-state index contributed by atoms with van der Waals surface area (Å²) >= 11 is 0. The predicted molar refractivity (Wildman–Crippen MR) is 96.0 cm³/mol. The zero-order valence-electron chi connectivity index (χ0n) is 15.4. The molecule has 1 aromatic rings. The van der Waals surface area contributed by atoms with Gasteiger partial charge in [-0.15, -0.1) is 0 Å². The molecule has 4 unspecified atom stereocenters. The van der Waals surface area contributed by atoms with E-state index in [4.69, 9.17) is 18.9 Å². The monoisotopic (exact) mass is 360 g/mol. The fourth-order valence-corrected chi connectivity index (χ4v) is 3.77. The fraction of sp³-hybridized carbons (Fsp3) is 0.700. The molecule has 6 heteroatoms. The second-order valence-electron chi connectivity index (χ2n) is 8.02. The van der Waals surface area contributed by atoms with Gasteiger partial charge in [0.25, 0.3) is 0 Å². The summed E-state index contributed by atoms with van der Waals surface area (Å²) in [7, 11) is 0. The lowest BCUT2D eigenvalue weighted by Crippen LogP contribution is -2.47. The minimum absolute atomic E-state index is 0.205. The van der Waals surface area contributed by atoms with Crippen molar-refractivity contribution < 1.29 is 18.9 Å². The van der Waals surface area contributed by atoms with Crippen LogP contribution < -0.4 is 0 Å². The van der Waals surface area contributed by atoms with Crippen molar-refractivity contribution in [2.75, 3.05) is 52.6 Å². The number of nitrogens with zero attached hydrogens (tertiary/aromatic N) is 2. The van der Waals surface area contributed by atoms with Gasteiger partial charge in [-0.25, -0.2) is 0 Å². The molecular formula is C20H28N2O4. The highest BCUT2D eigenvalue weighted by atomic mass is 16.6. The van der Waals surface area contributed by atoms with Gasteiger partial charge in [-0.05, 0) is 12.5 Å². The average molecular weight is 360 g/mol. The van der Waals surface area contributed by atoms with Gasteiger partial charge in [-0.3, -0.25) is 9.80 Å². The van der Waals surface area contributed by atoms with E-state index in [0.717, 1.165) is 52.6 Å². The number of hydrogen-bond donors (Lipinski definition) is 0. The van der Waals surface area contributed by atoms with Crippen molar-refractivity contribution >= 4 is 0 Å². The number of benzene rings is 1. The second-order valence-corrected chi connectivity index (χ2v) is 8.02. The van der Waals surface area contributed by atoms with Crippen LogP contribution in [0.3, 0.4) is 0 Å². The fourth-order valence-electron chi connectivity index (χ4n) is 3.77. The quantitative estimate of drug-likeness (QED) is 0.437. The first-order valence-corrected chi connectivity index (χ1v) is 9.75. The highest BCUT2D eigenvalue weighted by Crippen LogP contribution is 2.32. The topological polar surface area (TPSA) is 56.6 Å². The normalized spacial score (nSPS) is 32.7. The Morgan fingerprint density at radius 2 is 1.23 bits per heavy atom. The van der Waals surface area contributed by atoms with Gasteiger partial charge in [0.15, 0.2) is 0 Å². The minimum atomic E-state index is 0.205. The van der Waals surface area contributed by atoms with Crippen LogP contribution in [0.2, 0.25) is 0 Å². The van der Waals surface area contributed by atoms with Crippen LogP contribution in [0.1, 0.15) is 17.3 Å². The molecule has 5 rings (SSSR count). The molecule has 0 amide bonds. The van der Waals surface area contributed by atoms with E-state index in [9.17, 15) is 0 Å². The van der Waals surface area contributed by atoms with Gasteiger partial charge in [-0.1, -0.05) is 29.8 Å². The molecule has 4 atom stereocenters. The molecule has 0 radical (unpaired) electrons. The van der Waals surface area contributed by atoms with E-state index in [-0.39, 0.29) is 6.17 Å². The lowest BCUT2D eigenvalue weighted by Gasteiger charge is -2.39. The molecule has 1 aromatic carbocycles. The van der Waals surface area contributed by atoms with Crippen LogP contribution in [0.5, 0.6) is 0 Å². The summed E-state index contributed by atoms with van der Waals surface area (Å²) < 4.78 is 22.3. The van der Waals surface area contributed by atoms with E-state index in [1.54, 1.807) is 0 Å². The third-order valence-corrected chi connectivity index (χ3v) is 5.39. The van der Waals surface area contributed by atoms with Crippen LogP contribution in [0.4, 0.5) is 0 Å². The number of rotatable bonds is 11. The van der Waals surface area contributed by atoms with Crippen LogP contribution in [0, 0.1) is 6.92 Å². The smallest absolute Gasteiger partial charge is 0.0937 e. The minimum Gasteiger partial charge on any atom is -0.372 e. The van der Waals surface area contributed by atoms with E-state index in [1.807, 2.05) is 0 Å². The molecule has 0 aliphatic carbocycles. The highest BCUT2D eigenvalue weighted by Gasteiger charge is 2.40. The average Bonchev–Trinajstić information content (AvgIpc) is 3.41. The maximum atomic E-state index is 5.57. The van der Waals surface area contributed by atoms with E-state index in [0.29, 0.717) is 24.4 Å². The third kappa shape index (κ3) is 4.63. The molecule has 142 valence electrons. The van der Waals surface area contributed by atoms with E-state index in [1.165, 1.54) is 11.1 Å². The Morgan fingerprint density at radius 3 is 1.58 bits per heavy atom. The SMILES string of the molecule is Cc1cccc(C(N(CC2CO2)CC2CO2)N(CC2CO2)CC2CO2)c1. The standard InChI is InChI=1S/C20H28N2O4/c1-14-3-2-4-15(5-14)20(21(6-16-10-23-16)7-17-11-24-17)22(8-18-12-25-18)9-19-13-26-19/h2-5,16-20H,6-13H2,1H3. The molecule has 0 N–H and O–H groups in total. The zero-order chi connectivity index (χ0) is 17.5. The Morgan fingerprint density at radius 1 is 0.808 bits per heavy atom. The first-order valence-electron chi connectivity index (χ1n) is 9.75. The second kappa shape index (κ2) is 7.19. The third-order valence-electron chi connectivity index (χ3n) is 5.39. The van der Waals surface area contributed by atoms with Gasteiger partial charge in [0, 0.05) is 26.2 Å². The molecule has 4 heterocycles. The molecule has 0 aromatic heterocycles. The molecule has 4 aliphatic rings. The lowest BCUT2D eigenvalue weighted by atomic mass is 10.1. The van der Waals surface area contributed by atoms with Crippen LogP contribution in [0.25, 0.3) is 0 Å². The summed E-state index contributed by atoms with van der Waals surface area (Å²) in [6, 6.07) is 8.89. The maximum Gasteiger partial charge on any atom is 0.0937 e. The molecule has 0 bridgehead atoms. The van der Waals surface area contributed by atoms with Crippen molar-refractivity contribution in [3.05, 3.63) is 35.4 Å². The van der Waals surface area contributed by atoms with Crippen molar-refractivity contribution in [2.24, 2.45) is 0 Å². The molecule has 0 spiro atoms. The van der Waals surface area contributed by atoms with Crippen molar-refractivity contribution in [1.29, 1.82) is 0 Å². The Kier molecular flexibility index (Phi) is 4.73. The van der Waals surface area contributed by atoms with Crippen molar-refractivity contribution in [2.45, 2.75) is 37.5 Å². The summed E-state index contributed by atoms with van der Waals surface area (Å²) in [6.07, 6.45) is 1.64. The molecule has 4 aliphatic heterocycles. The molecule has 26 heavy (non-hydrogen) atoms. The van der Waals surface area contributed by atoms with E-state index < -0.39 is 0 Å². The predicted octanol–water partition coefficient (Wildman–Crippen LogP) is 1.19.